The standard InChI is InChI=1S/C20H19N5O3S3/c1-24-14-8-2-3-10-16(14)29-20(24)21-19(26)15-9-4-5-12-25(15)31(27,28)17-11-6-7-13-18(17)23-30-22-13/h2-3,6-8,10-11,15H,4-5,9,12H2,1H3. The van der Waals surface area contributed by atoms with E-state index in [1.807, 2.05) is 35.9 Å². The number of carbonyl (C=O) groups excluding carboxylic acids is 1. The van der Waals surface area contributed by atoms with Gasteiger partial charge in [0.2, 0.25) is 10.0 Å². The number of aryl methyl sites for hydroxylation is 1. The molecule has 2 aromatic carbocycles. The number of piperidine rings is 1. The summed E-state index contributed by atoms with van der Waals surface area (Å²) in [5.41, 5.74) is 1.86. The maximum absolute atomic E-state index is 13.5. The molecule has 1 atom stereocenters. The predicted molar refractivity (Wildman–Crippen MR) is 120 cm³/mol. The largest absolute Gasteiger partial charge is 0.319 e. The molecule has 8 nitrogen and oxygen atoms in total. The molecule has 1 aliphatic rings. The van der Waals surface area contributed by atoms with E-state index in [1.54, 1.807) is 12.1 Å². The van der Waals surface area contributed by atoms with Gasteiger partial charge in [0.25, 0.3) is 5.91 Å². The zero-order chi connectivity index (χ0) is 21.6. The summed E-state index contributed by atoms with van der Waals surface area (Å²) in [5.74, 6) is -0.436. The Morgan fingerprint density at radius 3 is 2.81 bits per heavy atom. The van der Waals surface area contributed by atoms with E-state index in [0.717, 1.165) is 28.4 Å². The second kappa shape index (κ2) is 7.90. The monoisotopic (exact) mass is 473 g/mol. The van der Waals surface area contributed by atoms with Crippen LogP contribution in [-0.4, -0.2) is 44.5 Å². The minimum atomic E-state index is -3.93. The van der Waals surface area contributed by atoms with Gasteiger partial charge in [0.15, 0.2) is 4.80 Å². The average molecular weight is 474 g/mol. The normalized spacial score (nSPS) is 18.7. The molecule has 4 aromatic rings. The van der Waals surface area contributed by atoms with Crippen molar-refractivity contribution in [1.82, 2.24) is 17.6 Å². The zero-order valence-electron chi connectivity index (χ0n) is 16.6. The number of carbonyl (C=O) groups is 1. The van der Waals surface area contributed by atoms with Crippen molar-refractivity contribution < 1.29 is 13.2 Å². The van der Waals surface area contributed by atoms with Crippen molar-refractivity contribution in [3.05, 3.63) is 47.3 Å². The molecule has 2 aromatic heterocycles. The number of hydrogen-bond donors (Lipinski definition) is 0. The molecule has 0 radical (unpaired) electrons. The third kappa shape index (κ3) is 3.51. The number of sulfonamides is 1. The maximum Gasteiger partial charge on any atom is 0.266 e. The van der Waals surface area contributed by atoms with Crippen molar-refractivity contribution in [3.63, 3.8) is 0 Å². The molecule has 1 fully saturated rings. The Hall–Kier alpha value is -2.47. The van der Waals surface area contributed by atoms with Gasteiger partial charge in [-0.15, -0.1) is 0 Å². The summed E-state index contributed by atoms with van der Waals surface area (Å²) in [6, 6.07) is 11.9. The molecule has 5 rings (SSSR count). The topological polar surface area (TPSA) is 97.5 Å². The lowest BCUT2D eigenvalue weighted by molar-refractivity contribution is -0.122. The van der Waals surface area contributed by atoms with Crippen LogP contribution in [0.5, 0.6) is 0 Å². The molecule has 1 unspecified atom stereocenters. The Labute approximate surface area is 186 Å². The van der Waals surface area contributed by atoms with Crippen LogP contribution in [0.4, 0.5) is 0 Å². The number of fused-ring (bicyclic) bond motifs is 2. The molecule has 0 bridgehead atoms. The SMILES string of the molecule is Cn1c(=NC(=O)C2CCCCN2S(=O)(=O)c2cccc3nsnc23)sc2ccccc21. The summed E-state index contributed by atoms with van der Waals surface area (Å²) in [4.78, 5) is 18.2. The highest BCUT2D eigenvalue weighted by atomic mass is 32.2. The molecule has 1 saturated heterocycles. The van der Waals surface area contributed by atoms with E-state index in [2.05, 4.69) is 13.7 Å². The average Bonchev–Trinajstić information content (AvgIpc) is 3.38. The van der Waals surface area contributed by atoms with Gasteiger partial charge >= 0.3 is 0 Å². The number of hydrogen-bond acceptors (Lipinski definition) is 7. The van der Waals surface area contributed by atoms with Crippen LogP contribution < -0.4 is 4.80 Å². The quantitative estimate of drug-likeness (QED) is 0.456. The Bertz CT molecular complexity index is 1470. The number of amides is 1. The van der Waals surface area contributed by atoms with Crippen molar-refractivity contribution >= 4 is 60.2 Å². The minimum Gasteiger partial charge on any atom is -0.319 e. The molecule has 0 N–H and O–H groups in total. The minimum absolute atomic E-state index is 0.0888. The summed E-state index contributed by atoms with van der Waals surface area (Å²) in [5, 5.41) is 0. The van der Waals surface area contributed by atoms with Crippen LogP contribution in [0, 0.1) is 0 Å². The van der Waals surface area contributed by atoms with Crippen LogP contribution in [0.25, 0.3) is 21.3 Å². The second-order valence-electron chi connectivity index (χ2n) is 7.38. The van der Waals surface area contributed by atoms with E-state index < -0.39 is 22.0 Å². The highest BCUT2D eigenvalue weighted by Crippen LogP contribution is 2.30. The summed E-state index contributed by atoms with van der Waals surface area (Å²) < 4.78 is 39.6. The van der Waals surface area contributed by atoms with E-state index in [9.17, 15) is 13.2 Å². The fourth-order valence-electron chi connectivity index (χ4n) is 3.91. The summed E-state index contributed by atoms with van der Waals surface area (Å²) in [7, 11) is -2.07. The first-order chi connectivity index (χ1) is 15.0. The highest BCUT2D eigenvalue weighted by molar-refractivity contribution is 7.89. The third-order valence-corrected chi connectivity index (χ3v) is 9.09. The fourth-order valence-corrected chi connectivity index (χ4v) is 7.34. The molecule has 0 saturated carbocycles. The van der Waals surface area contributed by atoms with E-state index in [0.29, 0.717) is 28.7 Å². The predicted octanol–water partition coefficient (Wildman–Crippen LogP) is 2.92. The van der Waals surface area contributed by atoms with E-state index in [-0.39, 0.29) is 11.4 Å². The molecule has 0 spiro atoms. The van der Waals surface area contributed by atoms with E-state index in [4.69, 9.17) is 0 Å². The molecule has 0 aliphatic carbocycles. The van der Waals surface area contributed by atoms with Crippen LogP contribution in [0.2, 0.25) is 0 Å². The first-order valence-electron chi connectivity index (χ1n) is 9.83. The first kappa shape index (κ1) is 20.4. The van der Waals surface area contributed by atoms with Gasteiger partial charge in [-0.3, -0.25) is 4.79 Å². The van der Waals surface area contributed by atoms with Crippen molar-refractivity contribution in [2.45, 2.75) is 30.2 Å². The Morgan fingerprint density at radius 2 is 1.97 bits per heavy atom. The van der Waals surface area contributed by atoms with Gasteiger partial charge < -0.3 is 4.57 Å². The number of benzene rings is 2. The van der Waals surface area contributed by atoms with Gasteiger partial charge in [-0.25, -0.2) is 8.42 Å². The smallest absolute Gasteiger partial charge is 0.266 e. The number of nitrogens with zero attached hydrogens (tertiary/aromatic N) is 5. The van der Waals surface area contributed by atoms with Gasteiger partial charge in [0, 0.05) is 13.6 Å². The molecule has 160 valence electrons. The lowest BCUT2D eigenvalue weighted by Crippen LogP contribution is -2.47. The lowest BCUT2D eigenvalue weighted by Gasteiger charge is -2.32. The van der Waals surface area contributed by atoms with Gasteiger partial charge in [-0.2, -0.15) is 18.0 Å². The van der Waals surface area contributed by atoms with Gasteiger partial charge in [0.1, 0.15) is 22.0 Å². The molecular weight excluding hydrogens is 454 g/mol. The van der Waals surface area contributed by atoms with Gasteiger partial charge in [-0.1, -0.05) is 36.0 Å². The third-order valence-electron chi connectivity index (χ3n) is 5.49. The maximum atomic E-state index is 13.5. The molecule has 31 heavy (non-hydrogen) atoms. The van der Waals surface area contributed by atoms with Crippen molar-refractivity contribution in [2.24, 2.45) is 12.0 Å². The number of para-hydroxylation sites is 1. The van der Waals surface area contributed by atoms with Gasteiger partial charge in [0.05, 0.1) is 21.9 Å². The highest BCUT2D eigenvalue weighted by Gasteiger charge is 2.38. The zero-order valence-corrected chi connectivity index (χ0v) is 19.1. The van der Waals surface area contributed by atoms with Crippen LogP contribution in [0.1, 0.15) is 19.3 Å². The molecule has 3 heterocycles. The van der Waals surface area contributed by atoms with Crippen molar-refractivity contribution in [3.8, 4) is 0 Å². The Morgan fingerprint density at radius 1 is 1.13 bits per heavy atom. The van der Waals surface area contributed by atoms with Crippen molar-refractivity contribution in [1.29, 1.82) is 0 Å². The van der Waals surface area contributed by atoms with Crippen molar-refractivity contribution in [2.75, 3.05) is 6.54 Å². The summed E-state index contributed by atoms with van der Waals surface area (Å²) >= 11 is 2.39. The lowest BCUT2D eigenvalue weighted by atomic mass is 10.0. The molecule has 1 aliphatic heterocycles. The van der Waals surface area contributed by atoms with Crippen LogP contribution in [-0.2, 0) is 21.9 Å². The van der Waals surface area contributed by atoms with Crippen LogP contribution >= 0.6 is 23.1 Å². The Balaban J connectivity index is 1.55. The van der Waals surface area contributed by atoms with E-state index >= 15 is 0 Å². The van der Waals surface area contributed by atoms with Crippen LogP contribution in [0.3, 0.4) is 0 Å². The first-order valence-corrected chi connectivity index (χ1v) is 12.8. The summed E-state index contributed by atoms with van der Waals surface area (Å²) in [6.07, 6.45) is 1.92. The Kier molecular flexibility index (Phi) is 5.21. The number of rotatable bonds is 3. The molecule has 11 heteroatoms. The number of aromatic nitrogens is 3. The fraction of sp³-hybridized carbons (Fsp3) is 0.300. The molecule has 1 amide bonds. The number of thiazole rings is 1. The second-order valence-corrected chi connectivity index (χ2v) is 10.8. The van der Waals surface area contributed by atoms with Crippen LogP contribution in [0.15, 0.2) is 52.4 Å². The molecular formula is C20H19N5O3S3. The summed E-state index contributed by atoms with van der Waals surface area (Å²) in [6.45, 7) is 0.279. The van der Waals surface area contributed by atoms with Gasteiger partial charge in [-0.05, 0) is 37.1 Å². The van der Waals surface area contributed by atoms with E-state index in [1.165, 1.54) is 21.7 Å².